The number of imidazole rings is 1. The molecule has 0 spiro atoms. The van der Waals surface area contributed by atoms with Crippen LogP contribution in [0.1, 0.15) is 18.1 Å². The van der Waals surface area contributed by atoms with Gasteiger partial charge in [-0.25, -0.2) is 30.6 Å². The standard InChI is InChI=1S/C24H23F2N3O4S2/c1-24(25,26)20-7-5-4-6-16(20)15-29-22-13-12-19(35(3,32)33)14-21(22)28-23(29)27-17-8-10-18(11-9-17)34(2,30)31/h4-14H,15H2,1-3H3,(H,27,28). The summed E-state index contributed by atoms with van der Waals surface area (Å²) >= 11 is 0. The Morgan fingerprint density at radius 2 is 1.49 bits per heavy atom. The van der Waals surface area contributed by atoms with Crippen molar-refractivity contribution in [2.45, 2.75) is 29.2 Å². The second-order valence-corrected chi connectivity index (χ2v) is 12.4. The first-order chi connectivity index (χ1) is 16.2. The number of rotatable bonds is 7. The minimum absolute atomic E-state index is 0.0398. The van der Waals surface area contributed by atoms with Crippen molar-refractivity contribution >= 4 is 42.3 Å². The summed E-state index contributed by atoms with van der Waals surface area (Å²) in [6.07, 6.45) is 2.20. The molecule has 3 aromatic carbocycles. The van der Waals surface area contributed by atoms with E-state index in [0.717, 1.165) is 19.4 Å². The maximum absolute atomic E-state index is 14.3. The van der Waals surface area contributed by atoms with E-state index in [9.17, 15) is 25.6 Å². The number of hydrogen-bond donors (Lipinski definition) is 1. The van der Waals surface area contributed by atoms with Gasteiger partial charge in [0.15, 0.2) is 19.7 Å². The van der Waals surface area contributed by atoms with Gasteiger partial charge in [0.05, 0.1) is 27.4 Å². The van der Waals surface area contributed by atoms with Crippen LogP contribution in [-0.4, -0.2) is 38.9 Å². The van der Waals surface area contributed by atoms with E-state index in [0.29, 0.717) is 22.3 Å². The Morgan fingerprint density at radius 3 is 2.09 bits per heavy atom. The highest BCUT2D eigenvalue weighted by molar-refractivity contribution is 7.91. The molecule has 4 rings (SSSR count). The fourth-order valence-electron chi connectivity index (χ4n) is 3.77. The molecule has 0 unspecified atom stereocenters. The van der Waals surface area contributed by atoms with Crippen molar-refractivity contribution in [1.29, 1.82) is 0 Å². The molecule has 184 valence electrons. The van der Waals surface area contributed by atoms with Gasteiger partial charge in [-0.1, -0.05) is 24.3 Å². The summed E-state index contributed by atoms with van der Waals surface area (Å²) in [7, 11) is -6.86. The second-order valence-electron chi connectivity index (χ2n) is 8.41. The Kier molecular flexibility index (Phi) is 6.18. The summed E-state index contributed by atoms with van der Waals surface area (Å²) < 4.78 is 77.8. The highest BCUT2D eigenvalue weighted by Gasteiger charge is 2.27. The van der Waals surface area contributed by atoms with E-state index in [4.69, 9.17) is 0 Å². The third-order valence-electron chi connectivity index (χ3n) is 5.51. The van der Waals surface area contributed by atoms with Crippen LogP contribution in [0.4, 0.5) is 20.4 Å². The van der Waals surface area contributed by atoms with Crippen LogP contribution in [0.25, 0.3) is 11.0 Å². The maximum Gasteiger partial charge on any atom is 0.270 e. The zero-order valence-corrected chi connectivity index (χ0v) is 20.8. The van der Waals surface area contributed by atoms with Crippen LogP contribution in [0.5, 0.6) is 0 Å². The molecule has 0 saturated carbocycles. The number of anilines is 2. The number of nitrogens with zero attached hydrogens (tertiary/aromatic N) is 2. The van der Waals surface area contributed by atoms with Crippen LogP contribution in [0.15, 0.2) is 76.5 Å². The topological polar surface area (TPSA) is 98.1 Å². The lowest BCUT2D eigenvalue weighted by molar-refractivity contribution is 0.0165. The van der Waals surface area contributed by atoms with Crippen molar-refractivity contribution in [3.05, 3.63) is 77.9 Å². The molecule has 0 fully saturated rings. The Morgan fingerprint density at radius 1 is 0.886 bits per heavy atom. The van der Waals surface area contributed by atoms with Crippen LogP contribution < -0.4 is 5.32 Å². The fraction of sp³-hybridized carbons (Fsp3) is 0.208. The van der Waals surface area contributed by atoms with Crippen molar-refractivity contribution in [1.82, 2.24) is 9.55 Å². The highest BCUT2D eigenvalue weighted by atomic mass is 32.2. The number of sulfone groups is 2. The van der Waals surface area contributed by atoms with E-state index in [1.165, 1.54) is 30.3 Å². The van der Waals surface area contributed by atoms with E-state index in [-0.39, 0.29) is 27.8 Å². The van der Waals surface area contributed by atoms with Crippen LogP contribution in [-0.2, 0) is 32.1 Å². The molecule has 1 N–H and O–H groups in total. The number of hydrogen-bond acceptors (Lipinski definition) is 6. The van der Waals surface area contributed by atoms with Crippen LogP contribution in [0, 0.1) is 0 Å². The van der Waals surface area contributed by atoms with Gasteiger partial charge in [-0.2, -0.15) is 0 Å². The first-order valence-corrected chi connectivity index (χ1v) is 14.3. The molecule has 0 aliphatic carbocycles. The lowest BCUT2D eigenvalue weighted by atomic mass is 10.0. The number of aromatic nitrogens is 2. The highest BCUT2D eigenvalue weighted by Crippen LogP contribution is 2.32. The Labute approximate surface area is 202 Å². The number of fused-ring (bicyclic) bond motifs is 1. The summed E-state index contributed by atoms with van der Waals surface area (Å²) in [6.45, 7) is 0.872. The van der Waals surface area contributed by atoms with Gasteiger partial charge in [-0.05, 0) is 48.0 Å². The molecule has 0 radical (unpaired) electrons. The molecule has 11 heteroatoms. The molecule has 7 nitrogen and oxygen atoms in total. The molecule has 0 bridgehead atoms. The zero-order chi connectivity index (χ0) is 25.6. The quantitative estimate of drug-likeness (QED) is 0.379. The molecule has 4 aromatic rings. The predicted molar refractivity (Wildman–Crippen MR) is 131 cm³/mol. The zero-order valence-electron chi connectivity index (χ0n) is 19.2. The summed E-state index contributed by atoms with van der Waals surface area (Å²) in [4.78, 5) is 4.75. The van der Waals surface area contributed by atoms with Crippen molar-refractivity contribution in [3.8, 4) is 0 Å². The molecule has 0 amide bonds. The Bertz CT molecular complexity index is 1620. The van der Waals surface area contributed by atoms with Crippen molar-refractivity contribution in [3.63, 3.8) is 0 Å². The fourth-order valence-corrected chi connectivity index (χ4v) is 5.04. The Balaban J connectivity index is 1.84. The molecular formula is C24H23F2N3O4S2. The molecule has 0 atom stereocenters. The third-order valence-corrected chi connectivity index (χ3v) is 7.74. The van der Waals surface area contributed by atoms with Gasteiger partial charge >= 0.3 is 0 Å². The van der Waals surface area contributed by atoms with Crippen molar-refractivity contribution < 1.29 is 25.6 Å². The minimum Gasteiger partial charge on any atom is -0.326 e. The second kappa shape index (κ2) is 8.72. The molecule has 1 aromatic heterocycles. The SMILES string of the molecule is CC(F)(F)c1ccccc1Cn1c(Nc2ccc(S(C)(=O)=O)cc2)nc2cc(S(C)(=O)=O)ccc21. The number of benzene rings is 3. The van der Waals surface area contributed by atoms with Gasteiger partial charge in [0.1, 0.15) is 0 Å². The summed E-state index contributed by atoms with van der Waals surface area (Å²) in [5.74, 6) is -2.78. The van der Waals surface area contributed by atoms with Crippen molar-refractivity contribution in [2.75, 3.05) is 17.8 Å². The van der Waals surface area contributed by atoms with Gasteiger partial charge in [0.2, 0.25) is 5.95 Å². The Hall–Kier alpha value is -3.31. The lowest BCUT2D eigenvalue weighted by Gasteiger charge is -2.18. The van der Waals surface area contributed by atoms with E-state index >= 15 is 0 Å². The predicted octanol–water partition coefficient (Wildman–Crippen LogP) is 4.75. The minimum atomic E-state index is -3.49. The first-order valence-electron chi connectivity index (χ1n) is 10.5. The average Bonchev–Trinajstić information content (AvgIpc) is 3.09. The van der Waals surface area contributed by atoms with Gasteiger partial charge < -0.3 is 9.88 Å². The van der Waals surface area contributed by atoms with Crippen LogP contribution in [0.3, 0.4) is 0 Å². The van der Waals surface area contributed by atoms with Crippen LogP contribution >= 0.6 is 0 Å². The molecule has 0 aliphatic heterocycles. The summed E-state index contributed by atoms with van der Waals surface area (Å²) in [6, 6.07) is 16.7. The summed E-state index contributed by atoms with van der Waals surface area (Å²) in [5.41, 5.74) is 1.68. The third kappa shape index (κ3) is 5.35. The maximum atomic E-state index is 14.3. The van der Waals surface area contributed by atoms with E-state index in [2.05, 4.69) is 10.3 Å². The van der Waals surface area contributed by atoms with Gasteiger partial charge in [-0.3, -0.25) is 0 Å². The number of nitrogens with one attached hydrogen (secondary N) is 1. The molecule has 0 aliphatic rings. The molecule has 0 saturated heterocycles. The van der Waals surface area contributed by atoms with Gasteiger partial charge in [0.25, 0.3) is 5.92 Å². The van der Waals surface area contributed by atoms with E-state index in [1.54, 1.807) is 41.0 Å². The summed E-state index contributed by atoms with van der Waals surface area (Å²) in [5, 5.41) is 3.10. The normalized spacial score (nSPS) is 12.7. The lowest BCUT2D eigenvalue weighted by Crippen LogP contribution is -2.14. The van der Waals surface area contributed by atoms with E-state index < -0.39 is 25.6 Å². The number of halogens is 2. The molecular weight excluding hydrogens is 496 g/mol. The monoisotopic (exact) mass is 519 g/mol. The van der Waals surface area contributed by atoms with Crippen LogP contribution in [0.2, 0.25) is 0 Å². The van der Waals surface area contributed by atoms with Crippen molar-refractivity contribution in [2.24, 2.45) is 0 Å². The molecule has 1 heterocycles. The van der Waals surface area contributed by atoms with E-state index in [1.807, 2.05) is 0 Å². The average molecular weight is 520 g/mol. The number of alkyl halides is 2. The largest absolute Gasteiger partial charge is 0.326 e. The molecule has 35 heavy (non-hydrogen) atoms. The van der Waals surface area contributed by atoms with Gasteiger partial charge in [0, 0.05) is 30.7 Å². The first kappa shape index (κ1) is 24.8. The van der Waals surface area contributed by atoms with Gasteiger partial charge in [-0.15, -0.1) is 0 Å². The smallest absolute Gasteiger partial charge is 0.270 e.